The first kappa shape index (κ1) is 16.2. The van der Waals surface area contributed by atoms with Crippen LogP contribution in [0.3, 0.4) is 0 Å². The van der Waals surface area contributed by atoms with Gasteiger partial charge < -0.3 is 9.30 Å². The fourth-order valence-electron chi connectivity index (χ4n) is 2.18. The molecule has 0 amide bonds. The van der Waals surface area contributed by atoms with Crippen LogP contribution in [-0.2, 0) is 13.2 Å². The van der Waals surface area contributed by atoms with Crippen molar-refractivity contribution in [3.8, 4) is 5.75 Å². The maximum atomic E-state index is 6.01. The van der Waals surface area contributed by atoms with E-state index in [9.17, 15) is 0 Å². The second-order valence-electron chi connectivity index (χ2n) is 5.27. The van der Waals surface area contributed by atoms with Crippen LogP contribution < -0.4 is 4.74 Å². The van der Waals surface area contributed by atoms with Crippen molar-refractivity contribution < 1.29 is 4.74 Å². The maximum absolute atomic E-state index is 6.01. The number of benzene rings is 1. The lowest BCUT2D eigenvalue weighted by Crippen LogP contribution is -2.07. The number of H-pyrrole nitrogens is 1. The van der Waals surface area contributed by atoms with Crippen LogP contribution >= 0.6 is 28.1 Å². The van der Waals surface area contributed by atoms with Gasteiger partial charge in [-0.15, -0.1) is 0 Å². The van der Waals surface area contributed by atoms with Crippen LogP contribution in [0.4, 0.5) is 0 Å². The van der Waals surface area contributed by atoms with Crippen LogP contribution in [-0.4, -0.2) is 14.8 Å². The SMILES string of the molecule is CCn1c(COc2cc(C)c(Br)cc2C(C)C)n[nH]c1=S. The lowest BCUT2D eigenvalue weighted by molar-refractivity contribution is 0.285. The summed E-state index contributed by atoms with van der Waals surface area (Å²) in [6.07, 6.45) is 0. The second kappa shape index (κ2) is 6.75. The first-order valence-electron chi connectivity index (χ1n) is 7.01. The van der Waals surface area contributed by atoms with Gasteiger partial charge in [0.05, 0.1) is 0 Å². The van der Waals surface area contributed by atoms with E-state index in [4.69, 9.17) is 17.0 Å². The molecule has 2 rings (SSSR count). The molecule has 0 aliphatic rings. The van der Waals surface area contributed by atoms with Crippen LogP contribution in [0.15, 0.2) is 16.6 Å². The van der Waals surface area contributed by atoms with Crippen molar-refractivity contribution in [3.63, 3.8) is 0 Å². The first-order chi connectivity index (χ1) is 9.93. The van der Waals surface area contributed by atoms with Crippen LogP contribution in [0.1, 0.15) is 43.6 Å². The summed E-state index contributed by atoms with van der Waals surface area (Å²) in [5, 5.41) is 7.04. The molecule has 0 aliphatic heterocycles. The van der Waals surface area contributed by atoms with Gasteiger partial charge in [-0.1, -0.05) is 29.8 Å². The molecule has 0 saturated carbocycles. The van der Waals surface area contributed by atoms with Gasteiger partial charge in [0.25, 0.3) is 0 Å². The molecule has 0 spiro atoms. The number of rotatable bonds is 5. The van der Waals surface area contributed by atoms with E-state index in [-0.39, 0.29) is 0 Å². The highest BCUT2D eigenvalue weighted by atomic mass is 79.9. The molecule has 1 heterocycles. The number of halogens is 1. The van der Waals surface area contributed by atoms with Crippen molar-refractivity contribution in [2.45, 2.75) is 46.8 Å². The van der Waals surface area contributed by atoms with Crippen molar-refractivity contribution >= 4 is 28.1 Å². The maximum Gasteiger partial charge on any atom is 0.195 e. The molecule has 0 saturated heterocycles. The van der Waals surface area contributed by atoms with E-state index < -0.39 is 0 Å². The van der Waals surface area contributed by atoms with Crippen LogP contribution in [0, 0.1) is 11.7 Å². The molecule has 0 fully saturated rings. The Bertz CT molecular complexity index is 691. The van der Waals surface area contributed by atoms with Gasteiger partial charge >= 0.3 is 0 Å². The molecule has 0 aliphatic carbocycles. The largest absolute Gasteiger partial charge is 0.485 e. The molecule has 1 aromatic heterocycles. The van der Waals surface area contributed by atoms with E-state index in [1.807, 2.05) is 11.5 Å². The number of ether oxygens (including phenoxy) is 1. The van der Waals surface area contributed by atoms with E-state index in [0.29, 0.717) is 17.3 Å². The number of aromatic amines is 1. The van der Waals surface area contributed by atoms with Crippen LogP contribution in [0.25, 0.3) is 0 Å². The highest BCUT2D eigenvalue weighted by Gasteiger charge is 2.12. The van der Waals surface area contributed by atoms with Gasteiger partial charge in [-0.2, -0.15) is 5.10 Å². The zero-order chi connectivity index (χ0) is 15.6. The lowest BCUT2D eigenvalue weighted by Gasteiger charge is -2.16. The molecule has 0 unspecified atom stereocenters. The predicted octanol–water partition coefficient (Wildman–Crippen LogP) is 4.73. The molecule has 0 radical (unpaired) electrons. The normalized spacial score (nSPS) is 11.1. The molecule has 1 N–H and O–H groups in total. The van der Waals surface area contributed by atoms with Crippen molar-refractivity contribution in [2.75, 3.05) is 0 Å². The van der Waals surface area contributed by atoms with E-state index in [1.54, 1.807) is 0 Å². The highest BCUT2D eigenvalue weighted by molar-refractivity contribution is 9.10. The van der Waals surface area contributed by atoms with E-state index in [2.05, 4.69) is 59.0 Å². The Hall–Kier alpha value is -1.14. The number of hydrogen-bond donors (Lipinski definition) is 1. The zero-order valence-corrected chi connectivity index (χ0v) is 15.1. The molecule has 0 atom stereocenters. The quantitative estimate of drug-likeness (QED) is 0.774. The minimum absolute atomic E-state index is 0.392. The summed E-state index contributed by atoms with van der Waals surface area (Å²) in [6.45, 7) is 9.60. The first-order valence-corrected chi connectivity index (χ1v) is 8.21. The average molecular weight is 370 g/mol. The summed E-state index contributed by atoms with van der Waals surface area (Å²) < 4.78 is 9.68. The fourth-order valence-corrected chi connectivity index (χ4v) is 2.82. The van der Waals surface area contributed by atoms with Gasteiger partial charge in [0.15, 0.2) is 10.6 Å². The smallest absolute Gasteiger partial charge is 0.195 e. The van der Waals surface area contributed by atoms with Gasteiger partial charge in [0.2, 0.25) is 0 Å². The third kappa shape index (κ3) is 3.55. The average Bonchev–Trinajstić information content (AvgIpc) is 2.79. The molecule has 1 aromatic carbocycles. The minimum atomic E-state index is 0.392. The summed E-state index contributed by atoms with van der Waals surface area (Å²) in [7, 11) is 0. The topological polar surface area (TPSA) is 42.8 Å². The van der Waals surface area contributed by atoms with Gasteiger partial charge in [-0.05, 0) is 55.2 Å². The molecule has 2 aromatic rings. The molecule has 114 valence electrons. The Morgan fingerprint density at radius 1 is 1.43 bits per heavy atom. The van der Waals surface area contributed by atoms with Gasteiger partial charge in [-0.3, -0.25) is 5.10 Å². The van der Waals surface area contributed by atoms with Crippen molar-refractivity contribution in [3.05, 3.63) is 38.3 Å². The zero-order valence-electron chi connectivity index (χ0n) is 12.7. The number of nitrogens with zero attached hydrogens (tertiary/aromatic N) is 2. The predicted molar refractivity (Wildman–Crippen MR) is 90.4 cm³/mol. The Balaban J connectivity index is 2.27. The van der Waals surface area contributed by atoms with Crippen LogP contribution in [0.2, 0.25) is 0 Å². The minimum Gasteiger partial charge on any atom is -0.485 e. The highest BCUT2D eigenvalue weighted by Crippen LogP contribution is 2.32. The Labute approximate surface area is 138 Å². The third-order valence-corrected chi connectivity index (χ3v) is 4.59. The van der Waals surface area contributed by atoms with Gasteiger partial charge in [0, 0.05) is 11.0 Å². The second-order valence-corrected chi connectivity index (χ2v) is 6.51. The Kier molecular flexibility index (Phi) is 5.22. The molecule has 0 bridgehead atoms. The Morgan fingerprint density at radius 3 is 2.76 bits per heavy atom. The lowest BCUT2D eigenvalue weighted by atomic mass is 10.0. The van der Waals surface area contributed by atoms with Crippen LogP contribution in [0.5, 0.6) is 5.75 Å². The van der Waals surface area contributed by atoms with Gasteiger partial charge in [-0.25, -0.2) is 0 Å². The van der Waals surface area contributed by atoms with E-state index in [1.165, 1.54) is 5.56 Å². The summed E-state index contributed by atoms with van der Waals surface area (Å²) >= 11 is 8.77. The van der Waals surface area contributed by atoms with Crippen molar-refractivity contribution in [1.82, 2.24) is 14.8 Å². The molecule has 6 heteroatoms. The standard InChI is InChI=1S/C15H20BrN3OS/c1-5-19-14(17-18-15(19)21)8-20-13-6-10(4)12(16)7-11(13)9(2)3/h6-7,9H,5,8H2,1-4H3,(H,18,21). The summed E-state index contributed by atoms with van der Waals surface area (Å²) in [5.74, 6) is 2.11. The van der Waals surface area contributed by atoms with Crippen molar-refractivity contribution in [1.29, 1.82) is 0 Å². The molecule has 4 nitrogen and oxygen atoms in total. The van der Waals surface area contributed by atoms with E-state index >= 15 is 0 Å². The summed E-state index contributed by atoms with van der Waals surface area (Å²) in [4.78, 5) is 0. The number of hydrogen-bond acceptors (Lipinski definition) is 3. The molecular formula is C15H20BrN3OS. The van der Waals surface area contributed by atoms with E-state index in [0.717, 1.165) is 28.2 Å². The number of aryl methyl sites for hydroxylation is 1. The third-order valence-electron chi connectivity index (χ3n) is 3.42. The fraction of sp³-hybridized carbons (Fsp3) is 0.467. The monoisotopic (exact) mass is 369 g/mol. The summed E-state index contributed by atoms with van der Waals surface area (Å²) in [5.41, 5.74) is 2.34. The number of nitrogens with one attached hydrogen (secondary N) is 1. The Morgan fingerprint density at radius 2 is 2.14 bits per heavy atom. The molecular weight excluding hydrogens is 350 g/mol. The number of aromatic nitrogens is 3. The van der Waals surface area contributed by atoms with Crippen molar-refractivity contribution in [2.24, 2.45) is 0 Å². The van der Waals surface area contributed by atoms with Gasteiger partial charge in [0.1, 0.15) is 12.4 Å². The molecule has 21 heavy (non-hydrogen) atoms. The summed E-state index contributed by atoms with van der Waals surface area (Å²) in [6, 6.07) is 4.20.